The molecule has 0 saturated carbocycles. The predicted octanol–water partition coefficient (Wildman–Crippen LogP) is 0.750. The minimum Gasteiger partial charge on any atom is -0.481 e. The van der Waals surface area contributed by atoms with Gasteiger partial charge in [-0.15, -0.1) is 0 Å². The van der Waals surface area contributed by atoms with Crippen LogP contribution >= 0.6 is 0 Å². The van der Waals surface area contributed by atoms with Gasteiger partial charge in [-0.1, -0.05) is 0 Å². The van der Waals surface area contributed by atoms with Gasteiger partial charge in [0.2, 0.25) is 0 Å². The highest BCUT2D eigenvalue weighted by Crippen LogP contribution is 2.25. The van der Waals surface area contributed by atoms with E-state index in [4.69, 9.17) is 5.11 Å². The molecule has 98 valence electrons. The molecule has 2 heterocycles. The van der Waals surface area contributed by atoms with Gasteiger partial charge in [0.15, 0.2) is 5.82 Å². The normalized spacial score (nSPS) is 14.9. The van der Waals surface area contributed by atoms with Crippen molar-refractivity contribution < 1.29 is 14.7 Å². The van der Waals surface area contributed by atoms with Crippen molar-refractivity contribution in [1.29, 1.82) is 0 Å². The van der Waals surface area contributed by atoms with Crippen molar-refractivity contribution in [1.82, 2.24) is 14.5 Å². The molecule has 2 amide bonds. The van der Waals surface area contributed by atoms with E-state index in [-0.39, 0.29) is 12.5 Å². The molecule has 0 aliphatic carbocycles. The molecule has 7 nitrogen and oxygen atoms in total. The summed E-state index contributed by atoms with van der Waals surface area (Å²) in [6.45, 7) is 1.11. The van der Waals surface area contributed by atoms with Gasteiger partial charge in [0.1, 0.15) is 0 Å². The van der Waals surface area contributed by atoms with Gasteiger partial charge in [-0.25, -0.2) is 9.78 Å². The second kappa shape index (κ2) is 4.67. The molecular formula is C11H16N4O3. The number of hydrogen-bond donors (Lipinski definition) is 1. The number of aromatic nitrogens is 2. The molecule has 18 heavy (non-hydrogen) atoms. The number of imidazole rings is 1. The third-order valence-electron chi connectivity index (χ3n) is 3.03. The number of hydrogen-bond acceptors (Lipinski definition) is 3. The number of carboxylic acid groups (broad SMARTS) is 1. The van der Waals surface area contributed by atoms with E-state index in [9.17, 15) is 9.59 Å². The van der Waals surface area contributed by atoms with E-state index in [1.54, 1.807) is 25.3 Å². The molecule has 1 aromatic rings. The second-order valence-electron chi connectivity index (χ2n) is 4.40. The summed E-state index contributed by atoms with van der Waals surface area (Å²) in [5.41, 5.74) is 0.949. The van der Waals surface area contributed by atoms with E-state index < -0.39 is 5.97 Å². The summed E-state index contributed by atoms with van der Waals surface area (Å²) in [6, 6.07) is -0.0849. The first kappa shape index (κ1) is 12.4. The third-order valence-corrected chi connectivity index (χ3v) is 3.03. The number of urea groups is 1. The van der Waals surface area contributed by atoms with E-state index >= 15 is 0 Å². The molecule has 1 N–H and O–H groups in total. The maximum atomic E-state index is 11.7. The summed E-state index contributed by atoms with van der Waals surface area (Å²) in [4.78, 5) is 29.5. The van der Waals surface area contributed by atoms with Gasteiger partial charge in [-0.05, 0) is 6.42 Å². The molecule has 0 unspecified atom stereocenters. The maximum Gasteiger partial charge on any atom is 0.325 e. The van der Waals surface area contributed by atoms with Gasteiger partial charge in [0, 0.05) is 27.1 Å². The van der Waals surface area contributed by atoms with Gasteiger partial charge in [0.25, 0.3) is 0 Å². The standard InChI is InChI=1S/C11H16N4O3/c1-13-6-8-10(14(2)11(13)18)12-7-15(8)5-3-4-9(16)17/h7H,3-6H2,1-2H3,(H,16,17). The lowest BCUT2D eigenvalue weighted by Gasteiger charge is -2.30. The molecule has 0 aromatic carbocycles. The minimum absolute atomic E-state index is 0.0849. The zero-order chi connectivity index (χ0) is 13.3. The van der Waals surface area contributed by atoms with Crippen LogP contribution in [0.3, 0.4) is 0 Å². The molecule has 0 radical (unpaired) electrons. The van der Waals surface area contributed by atoms with Crippen LogP contribution < -0.4 is 4.90 Å². The topological polar surface area (TPSA) is 78.7 Å². The Balaban J connectivity index is 2.14. The number of carboxylic acids is 1. The van der Waals surface area contributed by atoms with Crippen LogP contribution in [0.4, 0.5) is 10.6 Å². The first-order valence-electron chi connectivity index (χ1n) is 5.75. The van der Waals surface area contributed by atoms with E-state index in [1.165, 1.54) is 4.90 Å². The largest absolute Gasteiger partial charge is 0.481 e. The molecule has 7 heteroatoms. The summed E-state index contributed by atoms with van der Waals surface area (Å²) in [6.07, 6.45) is 2.35. The highest BCUT2D eigenvalue weighted by atomic mass is 16.4. The maximum absolute atomic E-state index is 11.7. The number of anilines is 1. The van der Waals surface area contributed by atoms with Gasteiger partial charge < -0.3 is 14.6 Å². The first-order valence-corrected chi connectivity index (χ1v) is 5.75. The van der Waals surface area contributed by atoms with Crippen molar-refractivity contribution in [2.24, 2.45) is 0 Å². The number of amides is 2. The van der Waals surface area contributed by atoms with E-state index in [1.807, 2.05) is 4.57 Å². The lowest BCUT2D eigenvalue weighted by molar-refractivity contribution is -0.137. The Morgan fingerprint density at radius 3 is 2.89 bits per heavy atom. The Bertz CT molecular complexity index is 483. The van der Waals surface area contributed by atoms with E-state index in [0.29, 0.717) is 25.3 Å². The van der Waals surface area contributed by atoms with Crippen LogP contribution in [-0.4, -0.2) is 45.7 Å². The lowest BCUT2D eigenvalue weighted by Crippen LogP contribution is -2.43. The molecule has 0 saturated heterocycles. The molecule has 0 bridgehead atoms. The number of rotatable bonds is 4. The molecule has 2 rings (SSSR count). The van der Waals surface area contributed by atoms with Crippen LogP contribution in [0.1, 0.15) is 18.5 Å². The fourth-order valence-electron chi connectivity index (χ4n) is 2.07. The Morgan fingerprint density at radius 1 is 1.50 bits per heavy atom. The smallest absolute Gasteiger partial charge is 0.325 e. The van der Waals surface area contributed by atoms with Gasteiger partial charge in [-0.2, -0.15) is 0 Å². The predicted molar refractivity (Wildman–Crippen MR) is 64.4 cm³/mol. The number of carbonyl (C=O) groups is 2. The zero-order valence-electron chi connectivity index (χ0n) is 10.5. The summed E-state index contributed by atoms with van der Waals surface area (Å²) in [5, 5.41) is 8.61. The van der Waals surface area contributed by atoms with Crippen LogP contribution in [0.2, 0.25) is 0 Å². The molecular weight excluding hydrogens is 236 g/mol. The van der Waals surface area contributed by atoms with E-state index in [2.05, 4.69) is 4.98 Å². The van der Waals surface area contributed by atoms with Gasteiger partial charge in [-0.3, -0.25) is 9.69 Å². The van der Waals surface area contributed by atoms with Crippen LogP contribution in [0, 0.1) is 0 Å². The number of aliphatic carboxylic acids is 1. The number of nitrogens with zero attached hydrogens (tertiary/aromatic N) is 4. The summed E-state index contributed by atoms with van der Waals surface area (Å²) in [5.74, 6) is -0.137. The number of carbonyl (C=O) groups excluding carboxylic acids is 1. The molecule has 0 spiro atoms. The summed E-state index contributed by atoms with van der Waals surface area (Å²) < 4.78 is 1.91. The minimum atomic E-state index is -0.798. The number of aryl methyl sites for hydroxylation is 1. The third kappa shape index (κ3) is 2.15. The van der Waals surface area contributed by atoms with Crippen molar-refractivity contribution in [3.05, 3.63) is 12.0 Å². The van der Waals surface area contributed by atoms with Crippen molar-refractivity contribution in [2.45, 2.75) is 25.9 Å². The molecule has 0 fully saturated rings. The Hall–Kier alpha value is -2.05. The number of fused-ring (bicyclic) bond motifs is 1. The first-order chi connectivity index (χ1) is 8.50. The average molecular weight is 252 g/mol. The molecule has 1 aliphatic rings. The fourth-order valence-corrected chi connectivity index (χ4v) is 2.07. The van der Waals surface area contributed by atoms with Crippen LogP contribution in [0.25, 0.3) is 0 Å². The van der Waals surface area contributed by atoms with Crippen molar-refractivity contribution >= 4 is 17.8 Å². The monoisotopic (exact) mass is 252 g/mol. The molecule has 1 aliphatic heterocycles. The fraction of sp³-hybridized carbons (Fsp3) is 0.545. The van der Waals surface area contributed by atoms with Crippen molar-refractivity contribution in [3.8, 4) is 0 Å². The van der Waals surface area contributed by atoms with Gasteiger partial charge in [0.05, 0.1) is 18.6 Å². The lowest BCUT2D eigenvalue weighted by atomic mass is 10.2. The highest BCUT2D eigenvalue weighted by molar-refractivity contribution is 5.92. The van der Waals surface area contributed by atoms with Crippen LogP contribution in [-0.2, 0) is 17.9 Å². The average Bonchev–Trinajstić information content (AvgIpc) is 2.69. The van der Waals surface area contributed by atoms with E-state index in [0.717, 1.165) is 5.69 Å². The Kier molecular flexibility index (Phi) is 3.22. The SMILES string of the molecule is CN1Cc2c(ncn2CCCC(=O)O)N(C)C1=O. The quantitative estimate of drug-likeness (QED) is 0.857. The summed E-state index contributed by atoms with van der Waals surface area (Å²) >= 11 is 0. The zero-order valence-corrected chi connectivity index (χ0v) is 10.5. The second-order valence-corrected chi connectivity index (χ2v) is 4.40. The van der Waals surface area contributed by atoms with Crippen LogP contribution in [0.15, 0.2) is 6.33 Å². The highest BCUT2D eigenvalue weighted by Gasteiger charge is 2.28. The molecule has 1 aromatic heterocycles. The molecule has 0 atom stereocenters. The van der Waals surface area contributed by atoms with Gasteiger partial charge >= 0.3 is 12.0 Å². The van der Waals surface area contributed by atoms with Crippen LogP contribution in [0.5, 0.6) is 0 Å². The Labute approximate surface area is 105 Å². The van der Waals surface area contributed by atoms with Crippen molar-refractivity contribution in [3.63, 3.8) is 0 Å². The van der Waals surface area contributed by atoms with Crippen molar-refractivity contribution in [2.75, 3.05) is 19.0 Å². The summed E-state index contributed by atoms with van der Waals surface area (Å²) in [7, 11) is 3.42. The Morgan fingerprint density at radius 2 is 2.22 bits per heavy atom.